The average molecular weight is 605 g/mol. The van der Waals surface area contributed by atoms with Crippen molar-refractivity contribution in [3.8, 4) is 50.5 Å². The van der Waals surface area contributed by atoms with E-state index in [9.17, 15) is 0 Å². The molecule has 0 bridgehead atoms. The Hall–Kier alpha value is -6.32. The molecule has 0 spiro atoms. The van der Waals surface area contributed by atoms with Gasteiger partial charge < -0.3 is 0 Å². The first kappa shape index (κ1) is 22.2. The summed E-state index contributed by atoms with van der Waals surface area (Å²) in [6.45, 7) is 0. The van der Waals surface area contributed by atoms with Gasteiger partial charge in [-0.1, -0.05) is 127 Å². The van der Waals surface area contributed by atoms with E-state index in [1.165, 1.54) is 5.56 Å². The van der Waals surface area contributed by atoms with Crippen molar-refractivity contribution < 1.29 is 6.85 Å². The minimum absolute atomic E-state index is 0.0696. The summed E-state index contributed by atoms with van der Waals surface area (Å²) in [5, 5.41) is 4.57. The quantitative estimate of drug-likeness (QED) is 0.183. The van der Waals surface area contributed by atoms with Gasteiger partial charge in [0.2, 0.25) is 0 Å². The third-order valence-electron chi connectivity index (χ3n) is 8.82. The number of imidazole rings is 1. The van der Waals surface area contributed by atoms with Crippen LogP contribution < -0.4 is 0 Å². The lowest BCUT2D eigenvalue weighted by atomic mass is 9.85. The summed E-state index contributed by atoms with van der Waals surface area (Å²) in [6.07, 6.45) is 3.62. The summed E-state index contributed by atoms with van der Waals surface area (Å²) in [7, 11) is 0. The molecule has 0 atom stereocenters. The average Bonchev–Trinajstić information content (AvgIpc) is 3.58. The van der Waals surface area contributed by atoms with Crippen LogP contribution in [0.25, 0.3) is 83.0 Å². The number of hydrogen-bond donors (Lipinski definition) is 0. The second-order valence-corrected chi connectivity index (χ2v) is 11.5. The highest BCUT2D eigenvalue weighted by molar-refractivity contribution is 6.21. The van der Waals surface area contributed by atoms with Gasteiger partial charge in [-0.2, -0.15) is 0 Å². The first-order valence-electron chi connectivity index (χ1n) is 18.0. The summed E-state index contributed by atoms with van der Waals surface area (Å²) in [6, 6.07) is 43.7. The SMILES string of the molecule is [2H]c1c([2H])c([2H])c(-n2c(-c3ccc(-c4c5ccccc5c(-c5ccc(-c6ccncc6)cc5)c5ccccc45)cc3)nc3ccccc32)c([2H])c1[2H]. The fourth-order valence-electron chi connectivity index (χ4n) is 6.71. The second-order valence-electron chi connectivity index (χ2n) is 11.5. The van der Waals surface area contributed by atoms with Crippen LogP contribution in [0.3, 0.4) is 0 Å². The second kappa shape index (κ2) is 11.2. The van der Waals surface area contributed by atoms with Crippen LogP contribution >= 0.6 is 0 Å². The van der Waals surface area contributed by atoms with E-state index in [-0.39, 0.29) is 29.9 Å². The van der Waals surface area contributed by atoms with Gasteiger partial charge in [-0.3, -0.25) is 9.55 Å². The van der Waals surface area contributed by atoms with E-state index in [0.717, 1.165) is 54.9 Å². The van der Waals surface area contributed by atoms with Gasteiger partial charge in [0.1, 0.15) is 5.82 Å². The van der Waals surface area contributed by atoms with Crippen LogP contribution in [0.4, 0.5) is 0 Å². The van der Waals surface area contributed by atoms with E-state index in [4.69, 9.17) is 11.8 Å². The number of aromatic nitrogens is 3. The minimum Gasteiger partial charge on any atom is -0.292 e. The molecule has 0 saturated carbocycles. The Morgan fingerprint density at radius 1 is 0.447 bits per heavy atom. The van der Waals surface area contributed by atoms with E-state index in [1.807, 2.05) is 60.9 Å². The Kier molecular flexibility index (Phi) is 5.32. The van der Waals surface area contributed by atoms with E-state index in [0.29, 0.717) is 16.9 Å². The molecule has 2 aromatic heterocycles. The van der Waals surface area contributed by atoms with Crippen molar-refractivity contribution in [2.45, 2.75) is 0 Å². The first-order valence-corrected chi connectivity index (χ1v) is 15.5. The number of fused-ring (bicyclic) bond motifs is 3. The van der Waals surface area contributed by atoms with E-state index in [2.05, 4.69) is 89.9 Å². The van der Waals surface area contributed by atoms with Gasteiger partial charge >= 0.3 is 0 Å². The molecule has 0 amide bonds. The van der Waals surface area contributed by atoms with Crippen LogP contribution in [-0.2, 0) is 0 Å². The predicted octanol–water partition coefficient (Wildman–Crippen LogP) is 11.4. The topological polar surface area (TPSA) is 30.7 Å². The standard InChI is InChI=1S/C44H29N3/c1-2-10-35(11-3-1)47-41-17-9-8-16-40(41)46-44(47)34-24-22-33(23-25-34)43-38-14-6-4-12-36(38)42(37-13-5-7-15-39(37)43)32-20-18-30(19-21-32)31-26-28-45-29-27-31/h1-29H/i1D,2D,3D,10D,11D. The van der Waals surface area contributed by atoms with E-state index >= 15 is 0 Å². The lowest BCUT2D eigenvalue weighted by Gasteiger charge is -2.18. The third kappa shape index (κ3) is 4.60. The highest BCUT2D eigenvalue weighted by Gasteiger charge is 2.18. The van der Waals surface area contributed by atoms with Crippen molar-refractivity contribution in [1.29, 1.82) is 0 Å². The molecule has 7 aromatic carbocycles. The molecule has 9 rings (SSSR count). The molecule has 3 nitrogen and oxygen atoms in total. The van der Waals surface area contributed by atoms with Gasteiger partial charge in [0, 0.05) is 23.6 Å². The molecule has 9 aromatic rings. The molecule has 0 aliphatic rings. The molecule has 220 valence electrons. The maximum absolute atomic E-state index is 8.75. The van der Waals surface area contributed by atoms with Crippen LogP contribution in [0.2, 0.25) is 0 Å². The van der Waals surface area contributed by atoms with Crippen molar-refractivity contribution in [3.05, 3.63) is 176 Å². The normalized spacial score (nSPS) is 12.9. The molecule has 0 aliphatic carbocycles. The smallest absolute Gasteiger partial charge is 0.145 e. The summed E-state index contributed by atoms with van der Waals surface area (Å²) in [5.41, 5.74) is 8.87. The monoisotopic (exact) mass is 604 g/mol. The van der Waals surface area contributed by atoms with Crippen molar-refractivity contribution in [1.82, 2.24) is 14.5 Å². The molecule has 0 N–H and O–H groups in total. The van der Waals surface area contributed by atoms with Gasteiger partial charge in [0.05, 0.1) is 17.9 Å². The van der Waals surface area contributed by atoms with Crippen LogP contribution in [-0.4, -0.2) is 14.5 Å². The van der Waals surface area contributed by atoms with Gasteiger partial charge in [-0.05, 0) is 91.3 Å². The molecule has 2 heterocycles. The number of rotatable bonds is 5. The Balaban J connectivity index is 1.21. The summed E-state index contributed by atoms with van der Waals surface area (Å²) < 4.78 is 44.0. The van der Waals surface area contributed by atoms with Crippen molar-refractivity contribution in [2.75, 3.05) is 0 Å². The largest absolute Gasteiger partial charge is 0.292 e. The van der Waals surface area contributed by atoms with E-state index in [1.54, 1.807) is 4.57 Å². The molecular formula is C44H29N3. The number of benzene rings is 7. The number of para-hydroxylation sites is 3. The lowest BCUT2D eigenvalue weighted by molar-refractivity contribution is 1.10. The zero-order chi connectivity index (χ0) is 35.5. The molecule has 0 radical (unpaired) electrons. The summed E-state index contributed by atoms with van der Waals surface area (Å²) >= 11 is 0. The summed E-state index contributed by atoms with van der Waals surface area (Å²) in [5.74, 6) is 0.492. The molecular weight excluding hydrogens is 571 g/mol. The Morgan fingerprint density at radius 3 is 1.49 bits per heavy atom. The molecule has 0 saturated heterocycles. The first-order chi connectivity index (χ1) is 25.4. The highest BCUT2D eigenvalue weighted by Crippen LogP contribution is 2.44. The Labute approximate surface area is 280 Å². The number of nitrogens with zero attached hydrogens (tertiary/aromatic N) is 3. The molecule has 0 aliphatic heterocycles. The van der Waals surface area contributed by atoms with Gasteiger partial charge in [0.15, 0.2) is 0 Å². The van der Waals surface area contributed by atoms with Gasteiger partial charge in [-0.15, -0.1) is 0 Å². The highest BCUT2D eigenvalue weighted by atomic mass is 15.1. The van der Waals surface area contributed by atoms with Crippen LogP contribution in [0.15, 0.2) is 176 Å². The number of pyridine rings is 1. The van der Waals surface area contributed by atoms with Crippen molar-refractivity contribution in [3.63, 3.8) is 0 Å². The zero-order valence-electron chi connectivity index (χ0n) is 30.2. The Bertz CT molecular complexity index is 2740. The van der Waals surface area contributed by atoms with E-state index < -0.39 is 6.04 Å². The minimum atomic E-state index is -0.429. The summed E-state index contributed by atoms with van der Waals surface area (Å²) in [4.78, 5) is 9.08. The van der Waals surface area contributed by atoms with Crippen molar-refractivity contribution >= 4 is 32.6 Å². The van der Waals surface area contributed by atoms with Crippen molar-refractivity contribution in [2.24, 2.45) is 0 Å². The molecule has 47 heavy (non-hydrogen) atoms. The van der Waals surface area contributed by atoms with Gasteiger partial charge in [0.25, 0.3) is 0 Å². The molecule has 0 fully saturated rings. The fraction of sp³-hybridized carbons (Fsp3) is 0. The van der Waals surface area contributed by atoms with Crippen LogP contribution in [0.5, 0.6) is 0 Å². The third-order valence-corrected chi connectivity index (χ3v) is 8.82. The number of hydrogen-bond acceptors (Lipinski definition) is 2. The van der Waals surface area contributed by atoms with Gasteiger partial charge in [-0.25, -0.2) is 4.98 Å². The molecule has 0 unspecified atom stereocenters. The lowest BCUT2D eigenvalue weighted by Crippen LogP contribution is -1.97. The predicted molar refractivity (Wildman–Crippen MR) is 196 cm³/mol. The Morgan fingerprint density at radius 2 is 0.915 bits per heavy atom. The molecule has 3 heteroatoms. The maximum atomic E-state index is 8.75. The zero-order valence-corrected chi connectivity index (χ0v) is 25.2. The fourth-order valence-corrected chi connectivity index (χ4v) is 6.71. The van der Waals surface area contributed by atoms with Crippen LogP contribution in [0.1, 0.15) is 6.85 Å². The van der Waals surface area contributed by atoms with Crippen LogP contribution in [0, 0.1) is 0 Å². The maximum Gasteiger partial charge on any atom is 0.145 e.